The van der Waals surface area contributed by atoms with Crippen LogP contribution in [0.2, 0.25) is 0 Å². The van der Waals surface area contributed by atoms with Crippen LogP contribution >= 0.6 is 12.4 Å². The lowest BCUT2D eigenvalue weighted by Crippen LogP contribution is -2.53. The van der Waals surface area contributed by atoms with E-state index in [9.17, 15) is 4.79 Å². The molecule has 140 valence electrons. The molecule has 1 aromatic carbocycles. The third kappa shape index (κ3) is 4.96. The molecule has 4 nitrogen and oxygen atoms in total. The number of carbonyl (C=O) groups excluding carboxylic acids is 1. The Morgan fingerprint density at radius 2 is 2.04 bits per heavy atom. The highest BCUT2D eigenvalue weighted by molar-refractivity contribution is 5.85. The highest BCUT2D eigenvalue weighted by atomic mass is 35.5. The SMILES string of the molecule is CC1(C)CCCNC1CNC(=O)C1CCCOC1c1ccccc1.Cl. The topological polar surface area (TPSA) is 50.4 Å². The van der Waals surface area contributed by atoms with Gasteiger partial charge in [0.25, 0.3) is 0 Å². The van der Waals surface area contributed by atoms with Crippen LogP contribution in [0.15, 0.2) is 30.3 Å². The number of ether oxygens (including phenoxy) is 1. The number of hydrogen-bond donors (Lipinski definition) is 2. The van der Waals surface area contributed by atoms with Gasteiger partial charge in [0.15, 0.2) is 0 Å². The zero-order valence-corrected chi connectivity index (χ0v) is 16.1. The minimum atomic E-state index is -0.118. The molecule has 5 heteroatoms. The van der Waals surface area contributed by atoms with Crippen molar-refractivity contribution >= 4 is 18.3 Å². The molecule has 1 amide bonds. The van der Waals surface area contributed by atoms with Gasteiger partial charge in [-0.2, -0.15) is 0 Å². The summed E-state index contributed by atoms with van der Waals surface area (Å²) in [5.41, 5.74) is 1.33. The fourth-order valence-electron chi connectivity index (χ4n) is 3.97. The molecule has 3 atom stereocenters. The molecular weight excluding hydrogens is 336 g/mol. The van der Waals surface area contributed by atoms with Gasteiger partial charge >= 0.3 is 0 Å². The van der Waals surface area contributed by atoms with E-state index in [-0.39, 0.29) is 35.8 Å². The molecule has 1 aromatic rings. The van der Waals surface area contributed by atoms with Crippen molar-refractivity contribution in [2.75, 3.05) is 19.7 Å². The molecule has 3 rings (SSSR count). The summed E-state index contributed by atoms with van der Waals surface area (Å²) in [7, 11) is 0. The van der Waals surface area contributed by atoms with E-state index in [1.54, 1.807) is 0 Å². The van der Waals surface area contributed by atoms with Crippen molar-refractivity contribution in [1.29, 1.82) is 0 Å². The summed E-state index contributed by atoms with van der Waals surface area (Å²) in [5, 5.41) is 6.76. The number of carbonyl (C=O) groups is 1. The van der Waals surface area contributed by atoms with Gasteiger partial charge < -0.3 is 15.4 Å². The van der Waals surface area contributed by atoms with Crippen molar-refractivity contribution < 1.29 is 9.53 Å². The predicted molar refractivity (Wildman–Crippen MR) is 103 cm³/mol. The molecule has 2 fully saturated rings. The Labute approximate surface area is 157 Å². The Kier molecular flexibility index (Phi) is 7.29. The summed E-state index contributed by atoms with van der Waals surface area (Å²) in [6, 6.07) is 10.5. The van der Waals surface area contributed by atoms with Gasteiger partial charge in [-0.3, -0.25) is 4.79 Å². The maximum atomic E-state index is 12.8. The van der Waals surface area contributed by atoms with Crippen LogP contribution in [0.4, 0.5) is 0 Å². The van der Waals surface area contributed by atoms with Crippen molar-refractivity contribution in [2.24, 2.45) is 11.3 Å². The number of piperidine rings is 1. The summed E-state index contributed by atoms with van der Waals surface area (Å²) in [6.45, 7) is 7.05. The number of halogens is 1. The van der Waals surface area contributed by atoms with Crippen LogP contribution in [0.5, 0.6) is 0 Å². The first-order valence-electron chi connectivity index (χ1n) is 9.25. The van der Waals surface area contributed by atoms with Crippen LogP contribution in [0.3, 0.4) is 0 Å². The molecule has 0 radical (unpaired) electrons. The Balaban J connectivity index is 0.00000225. The second kappa shape index (κ2) is 9.02. The van der Waals surface area contributed by atoms with Crippen molar-refractivity contribution in [3.8, 4) is 0 Å². The molecule has 2 heterocycles. The van der Waals surface area contributed by atoms with Gasteiger partial charge in [-0.15, -0.1) is 12.4 Å². The van der Waals surface area contributed by atoms with Gasteiger partial charge in [-0.1, -0.05) is 44.2 Å². The van der Waals surface area contributed by atoms with E-state index in [2.05, 4.69) is 36.6 Å². The second-order valence-electron chi connectivity index (χ2n) is 7.79. The maximum absolute atomic E-state index is 12.8. The van der Waals surface area contributed by atoms with Gasteiger partial charge in [0, 0.05) is 19.2 Å². The van der Waals surface area contributed by atoms with Gasteiger partial charge in [-0.25, -0.2) is 0 Å². The van der Waals surface area contributed by atoms with Crippen LogP contribution in [0.1, 0.15) is 51.2 Å². The van der Waals surface area contributed by atoms with Crippen LogP contribution in [-0.2, 0) is 9.53 Å². The monoisotopic (exact) mass is 366 g/mol. The fourth-order valence-corrected chi connectivity index (χ4v) is 3.97. The summed E-state index contributed by atoms with van der Waals surface area (Å²) in [5.74, 6) is 0.0413. The highest BCUT2D eigenvalue weighted by Gasteiger charge is 2.35. The first-order chi connectivity index (χ1) is 11.6. The number of hydrogen-bond acceptors (Lipinski definition) is 3. The van der Waals surface area contributed by atoms with E-state index in [0.29, 0.717) is 12.6 Å². The average molecular weight is 367 g/mol. The smallest absolute Gasteiger partial charge is 0.226 e. The summed E-state index contributed by atoms with van der Waals surface area (Å²) < 4.78 is 5.95. The molecule has 3 unspecified atom stereocenters. The van der Waals surface area contributed by atoms with E-state index in [1.807, 2.05) is 18.2 Å². The molecule has 2 N–H and O–H groups in total. The minimum Gasteiger partial charge on any atom is -0.373 e. The van der Waals surface area contributed by atoms with Crippen LogP contribution < -0.4 is 10.6 Å². The van der Waals surface area contributed by atoms with Crippen LogP contribution in [0.25, 0.3) is 0 Å². The second-order valence-corrected chi connectivity index (χ2v) is 7.79. The zero-order valence-electron chi connectivity index (χ0n) is 15.3. The summed E-state index contributed by atoms with van der Waals surface area (Å²) in [4.78, 5) is 12.8. The predicted octanol–water partition coefficient (Wildman–Crippen LogP) is 3.47. The summed E-state index contributed by atoms with van der Waals surface area (Å²) in [6.07, 6.45) is 4.15. The lowest BCUT2D eigenvalue weighted by atomic mass is 9.77. The Bertz CT molecular complexity index is 550. The summed E-state index contributed by atoms with van der Waals surface area (Å²) >= 11 is 0. The molecule has 25 heavy (non-hydrogen) atoms. The standard InChI is InChI=1S/C20H30N2O2.ClH/c1-20(2)11-7-12-21-17(20)14-22-19(23)16-10-6-13-24-18(16)15-8-4-3-5-9-15;/h3-5,8-9,16-18,21H,6-7,10-14H2,1-2H3,(H,22,23);1H. The third-order valence-electron chi connectivity index (χ3n) is 5.60. The Morgan fingerprint density at radius 1 is 1.28 bits per heavy atom. The van der Waals surface area contributed by atoms with Crippen molar-refractivity contribution in [2.45, 2.75) is 51.7 Å². The number of amides is 1. The first kappa shape index (κ1) is 20.2. The molecule has 2 aliphatic rings. The average Bonchev–Trinajstić information content (AvgIpc) is 2.61. The normalized spacial score (nSPS) is 28.6. The minimum absolute atomic E-state index is 0. The number of rotatable bonds is 4. The lowest BCUT2D eigenvalue weighted by Gasteiger charge is -2.40. The van der Waals surface area contributed by atoms with Gasteiger partial charge in [0.05, 0.1) is 12.0 Å². The largest absolute Gasteiger partial charge is 0.373 e. The van der Waals surface area contributed by atoms with Gasteiger partial charge in [-0.05, 0) is 43.2 Å². The van der Waals surface area contributed by atoms with E-state index in [4.69, 9.17) is 4.74 Å². The Hall–Kier alpha value is -1.10. The van der Waals surface area contributed by atoms with Crippen LogP contribution in [-0.4, -0.2) is 31.6 Å². The maximum Gasteiger partial charge on any atom is 0.226 e. The quantitative estimate of drug-likeness (QED) is 0.857. The Morgan fingerprint density at radius 3 is 2.76 bits per heavy atom. The molecule has 0 aromatic heterocycles. The molecule has 0 spiro atoms. The zero-order chi connectivity index (χ0) is 17.0. The molecule has 2 saturated heterocycles. The van der Waals surface area contributed by atoms with E-state index in [1.165, 1.54) is 12.8 Å². The lowest BCUT2D eigenvalue weighted by molar-refractivity contribution is -0.135. The highest BCUT2D eigenvalue weighted by Crippen LogP contribution is 2.34. The van der Waals surface area contributed by atoms with Crippen LogP contribution in [0, 0.1) is 11.3 Å². The van der Waals surface area contributed by atoms with Gasteiger partial charge in [0.1, 0.15) is 0 Å². The molecule has 0 aliphatic carbocycles. The van der Waals surface area contributed by atoms with Gasteiger partial charge in [0.2, 0.25) is 5.91 Å². The van der Waals surface area contributed by atoms with E-state index in [0.717, 1.165) is 31.6 Å². The third-order valence-corrected chi connectivity index (χ3v) is 5.60. The van der Waals surface area contributed by atoms with Crippen molar-refractivity contribution in [3.63, 3.8) is 0 Å². The first-order valence-corrected chi connectivity index (χ1v) is 9.25. The molecular formula is C20H31ClN2O2. The number of benzene rings is 1. The molecule has 0 bridgehead atoms. The van der Waals surface area contributed by atoms with Crippen molar-refractivity contribution in [3.05, 3.63) is 35.9 Å². The number of nitrogens with one attached hydrogen (secondary N) is 2. The van der Waals surface area contributed by atoms with E-state index < -0.39 is 0 Å². The van der Waals surface area contributed by atoms with Crippen molar-refractivity contribution in [1.82, 2.24) is 10.6 Å². The molecule has 0 saturated carbocycles. The fraction of sp³-hybridized carbons (Fsp3) is 0.650. The van der Waals surface area contributed by atoms with E-state index >= 15 is 0 Å². The molecule has 2 aliphatic heterocycles.